The summed E-state index contributed by atoms with van der Waals surface area (Å²) < 4.78 is 8.86. The van der Waals surface area contributed by atoms with Gasteiger partial charge in [-0.2, -0.15) is 11.6 Å². The van der Waals surface area contributed by atoms with Crippen molar-refractivity contribution in [1.29, 1.82) is 0 Å². The Hall–Kier alpha value is 1.79. The fourth-order valence-corrected chi connectivity index (χ4v) is 4.87. The third-order valence-electron chi connectivity index (χ3n) is 6.76. The standard InChI is InChI=1S/C28H32N2O2.C4H5O.CH3.5Y/c1-5-29(6-2)21-13-15-24-26(17-21)32-27-18-22(30(7-3)8-4)14-16-25(27)28(24)23-12-10-9-11-20(23)19-31;1-4(2)3-5;;;;;;/h9-13,15,17-18H,5-8,14,16H2,1-4H3;1H2,2H3;1H3;;;;;/q;2*-1;;;;;. The van der Waals surface area contributed by atoms with Crippen molar-refractivity contribution >= 4 is 18.6 Å². The zero-order chi connectivity index (χ0) is 26.9. The van der Waals surface area contributed by atoms with Crippen molar-refractivity contribution in [2.75, 3.05) is 26.2 Å². The van der Waals surface area contributed by atoms with Gasteiger partial charge in [-0.3, -0.25) is 0 Å². The molecule has 10 heteroatoms. The summed E-state index contributed by atoms with van der Waals surface area (Å²) >= 11 is 0. The van der Waals surface area contributed by atoms with Crippen LogP contribution in [-0.4, -0.2) is 43.7 Å². The molecular weight excluding hydrogens is 917 g/mol. The third-order valence-corrected chi connectivity index (χ3v) is 6.76. The van der Waals surface area contributed by atoms with Crippen LogP contribution >= 0.6 is 0 Å². The van der Waals surface area contributed by atoms with Crippen molar-refractivity contribution in [3.8, 4) is 22.5 Å². The van der Waals surface area contributed by atoms with Crippen LogP contribution in [0.4, 0.5) is 0 Å². The third kappa shape index (κ3) is 13.7. The fourth-order valence-electron chi connectivity index (χ4n) is 4.87. The SMILES string of the molecule is C=C(C)[C-]=O.CCN(CC)C1=Cc2oc3cc(=[N+](CC)CC)ccc-3c(-c3ccccc3[C-]=O)c2CC1.[CH3-].[Y].[Y].[Y].[Y].[Y]. The first-order valence-corrected chi connectivity index (χ1v) is 13.1. The number of carbonyl (C=O) groups excluding carboxylic acids is 2. The van der Waals surface area contributed by atoms with Gasteiger partial charge in [0.2, 0.25) is 5.36 Å². The molecule has 3 aliphatic rings. The van der Waals surface area contributed by atoms with Gasteiger partial charge in [-0.1, -0.05) is 18.6 Å². The van der Waals surface area contributed by atoms with E-state index < -0.39 is 0 Å². The van der Waals surface area contributed by atoms with E-state index in [1.165, 1.54) is 11.3 Å². The fraction of sp³-hybridized carbons (Fsp3) is 0.333. The Balaban J connectivity index is -0.000000641. The maximum Gasteiger partial charge on any atom is 0.203 e. The number of benzene rings is 2. The number of hydrogen-bond donors (Lipinski definition) is 0. The molecule has 2 aliphatic carbocycles. The summed E-state index contributed by atoms with van der Waals surface area (Å²) in [4.78, 5) is 23.4. The van der Waals surface area contributed by atoms with Crippen LogP contribution in [0.5, 0.6) is 0 Å². The van der Waals surface area contributed by atoms with Crippen LogP contribution in [0.25, 0.3) is 28.5 Å². The number of rotatable bonds is 8. The van der Waals surface area contributed by atoms with Crippen LogP contribution in [0.15, 0.2) is 64.7 Å². The normalized spacial score (nSPS) is 10.4. The van der Waals surface area contributed by atoms with Gasteiger partial charge >= 0.3 is 0 Å². The molecule has 5 radical (unpaired) electrons. The Labute approximate surface area is 385 Å². The number of nitrogens with zero attached hydrogens (tertiary/aromatic N) is 2. The second kappa shape index (κ2) is 26.7. The van der Waals surface area contributed by atoms with Gasteiger partial charge in [0.15, 0.2) is 0 Å². The molecule has 0 N–H and O–H groups in total. The molecule has 0 bridgehead atoms. The van der Waals surface area contributed by atoms with E-state index in [0.29, 0.717) is 11.1 Å². The van der Waals surface area contributed by atoms with Crippen LogP contribution in [0.2, 0.25) is 0 Å². The van der Waals surface area contributed by atoms with E-state index in [0.717, 1.165) is 72.6 Å². The smallest absolute Gasteiger partial charge is 0.203 e. The second-order valence-electron chi connectivity index (χ2n) is 9.01. The van der Waals surface area contributed by atoms with Crippen LogP contribution in [0.3, 0.4) is 0 Å². The molecule has 1 aromatic carbocycles. The van der Waals surface area contributed by atoms with Crippen LogP contribution < -0.4 is 9.93 Å². The van der Waals surface area contributed by atoms with E-state index in [1.54, 1.807) is 13.2 Å². The Morgan fingerprint density at radius 2 is 1.49 bits per heavy atom. The molecule has 0 saturated heterocycles. The quantitative estimate of drug-likeness (QED) is 0.157. The van der Waals surface area contributed by atoms with Crippen molar-refractivity contribution in [3.05, 3.63) is 90.0 Å². The number of fused-ring (bicyclic) bond motifs is 2. The maximum absolute atomic E-state index is 11.8. The number of hydrogen-bond acceptors (Lipinski definition) is 4. The average Bonchev–Trinajstić information content (AvgIpc) is 2.93. The van der Waals surface area contributed by atoms with Crippen molar-refractivity contribution in [3.63, 3.8) is 0 Å². The molecule has 0 fully saturated rings. The second-order valence-corrected chi connectivity index (χ2v) is 9.01. The van der Waals surface area contributed by atoms with Crippen LogP contribution in [0, 0.1) is 7.43 Å². The molecule has 4 rings (SSSR count). The molecule has 1 aromatic rings. The Bertz CT molecular complexity index is 1360. The Kier molecular flexibility index (Phi) is 32.1. The molecule has 1 heterocycles. The van der Waals surface area contributed by atoms with E-state index in [-0.39, 0.29) is 171 Å². The van der Waals surface area contributed by atoms with Crippen molar-refractivity contribution in [2.24, 2.45) is 0 Å². The molecule has 0 saturated carbocycles. The summed E-state index contributed by atoms with van der Waals surface area (Å²) in [7, 11) is 0. The average molecular weight is 957 g/mol. The van der Waals surface area contributed by atoms with E-state index in [2.05, 4.69) is 74.3 Å². The van der Waals surface area contributed by atoms with Gasteiger partial charge in [0.05, 0.1) is 12.4 Å². The zero-order valence-electron chi connectivity index (χ0n) is 26.6. The van der Waals surface area contributed by atoms with Crippen LogP contribution in [-0.2, 0) is 180 Å². The van der Waals surface area contributed by atoms with E-state index >= 15 is 0 Å². The van der Waals surface area contributed by atoms with Gasteiger partial charge in [-0.15, -0.1) is 23.3 Å². The first-order valence-electron chi connectivity index (χ1n) is 13.1. The molecule has 5 nitrogen and oxygen atoms in total. The van der Waals surface area contributed by atoms with Gasteiger partial charge in [-0.25, -0.2) is 11.2 Å². The topological polar surface area (TPSA) is 53.5 Å². The van der Waals surface area contributed by atoms with E-state index in [1.807, 2.05) is 24.3 Å². The predicted molar refractivity (Wildman–Crippen MR) is 158 cm³/mol. The Morgan fingerprint density at radius 1 is 0.907 bits per heavy atom. The molecule has 0 spiro atoms. The van der Waals surface area contributed by atoms with E-state index in [9.17, 15) is 9.59 Å². The summed E-state index contributed by atoms with van der Waals surface area (Å²) in [5.41, 5.74) is 6.59. The Morgan fingerprint density at radius 3 is 2.00 bits per heavy atom. The zero-order valence-corrected chi connectivity index (χ0v) is 40.8. The molecule has 0 amide bonds. The molecule has 0 atom stereocenters. The van der Waals surface area contributed by atoms with Crippen molar-refractivity contribution < 1.29 is 178 Å². The summed E-state index contributed by atoms with van der Waals surface area (Å²) in [6, 6.07) is 14.2. The summed E-state index contributed by atoms with van der Waals surface area (Å²) in [6.07, 6.45) is 7.78. The molecule has 0 aromatic heterocycles. The minimum Gasteiger partial charge on any atom is -0.456 e. The van der Waals surface area contributed by atoms with Gasteiger partial charge in [-0.05, 0) is 58.5 Å². The monoisotopic (exact) mass is 957 g/mol. The minimum atomic E-state index is 0. The molecule has 0 unspecified atom stereocenters. The molecular formula is C33H40N2O3Y5-2. The molecule has 217 valence electrons. The van der Waals surface area contributed by atoms with Gasteiger partial charge < -0.3 is 26.3 Å². The first kappa shape index (κ1) is 51.6. The van der Waals surface area contributed by atoms with Crippen molar-refractivity contribution in [1.82, 2.24) is 9.48 Å². The van der Waals surface area contributed by atoms with Crippen LogP contribution in [0.1, 0.15) is 57.9 Å². The first-order chi connectivity index (χ1) is 17.9. The van der Waals surface area contributed by atoms with Gasteiger partial charge in [0.1, 0.15) is 24.6 Å². The number of allylic oxidation sites excluding steroid dienone is 2. The van der Waals surface area contributed by atoms with E-state index in [4.69, 9.17) is 4.42 Å². The summed E-state index contributed by atoms with van der Waals surface area (Å²) in [6.45, 7) is 17.4. The molecule has 1 aliphatic heterocycles. The van der Waals surface area contributed by atoms with Gasteiger partial charge in [0.25, 0.3) is 0 Å². The largest absolute Gasteiger partial charge is 0.456 e. The maximum atomic E-state index is 11.8. The van der Waals surface area contributed by atoms with Gasteiger partial charge in [0, 0.05) is 200 Å². The predicted octanol–water partition coefficient (Wildman–Crippen LogP) is 6.06. The molecule has 43 heavy (non-hydrogen) atoms. The summed E-state index contributed by atoms with van der Waals surface area (Å²) in [5.74, 6) is 1.75. The van der Waals surface area contributed by atoms with Crippen molar-refractivity contribution in [2.45, 2.75) is 47.5 Å². The minimum absolute atomic E-state index is 0. The summed E-state index contributed by atoms with van der Waals surface area (Å²) in [5, 5.41) is 1.15.